The second-order valence-electron chi connectivity index (χ2n) is 3.20. The van der Waals surface area contributed by atoms with Crippen LogP contribution < -0.4 is 10.3 Å². The minimum atomic E-state index is -0.344. The Bertz CT molecular complexity index is 481. The van der Waals surface area contributed by atoms with Gasteiger partial charge in [0, 0.05) is 11.6 Å². The molecule has 0 saturated carbocycles. The first-order valence-electron chi connectivity index (χ1n) is 4.65. The number of H-pyrrole nitrogens is 1. The van der Waals surface area contributed by atoms with Crippen LogP contribution in [0.1, 0.15) is 5.56 Å². The average molecular weight is 222 g/mol. The third-order valence-electron chi connectivity index (χ3n) is 2.31. The van der Waals surface area contributed by atoms with E-state index in [0.29, 0.717) is 12.3 Å². The van der Waals surface area contributed by atoms with E-state index in [4.69, 9.17) is 10.3 Å². The van der Waals surface area contributed by atoms with Crippen LogP contribution in [0.2, 0.25) is 0 Å². The van der Waals surface area contributed by atoms with E-state index >= 15 is 0 Å². The molecule has 5 heteroatoms. The summed E-state index contributed by atoms with van der Waals surface area (Å²) >= 11 is 0. The summed E-state index contributed by atoms with van der Waals surface area (Å²) in [6.45, 7) is 0.609. The van der Waals surface area contributed by atoms with Crippen LogP contribution in [-0.4, -0.2) is 11.5 Å². The van der Waals surface area contributed by atoms with Gasteiger partial charge in [-0.2, -0.15) is 0 Å². The molecule has 0 aliphatic heterocycles. The highest BCUT2D eigenvalue weighted by atomic mass is 31.1. The van der Waals surface area contributed by atoms with E-state index in [-0.39, 0.29) is 8.69 Å². The molecule has 2 aromatic rings. The van der Waals surface area contributed by atoms with E-state index in [0.717, 1.165) is 22.9 Å². The van der Waals surface area contributed by atoms with Gasteiger partial charge >= 0.3 is 8.69 Å². The standard InChI is InChI=1S/C10H11N2O2P/c11-5-4-7-6-12-10-8(7)2-1-3-9(10)14-15-13/h1-3,6,12H,4-5,11H2. The van der Waals surface area contributed by atoms with Crippen LogP contribution in [-0.2, 0) is 11.0 Å². The van der Waals surface area contributed by atoms with Gasteiger partial charge in [0.1, 0.15) is 0 Å². The smallest absolute Gasteiger partial charge is 0.395 e. The summed E-state index contributed by atoms with van der Waals surface area (Å²) in [5, 5.41) is 1.07. The first kappa shape index (κ1) is 10.1. The van der Waals surface area contributed by atoms with Crippen LogP contribution in [0.25, 0.3) is 10.9 Å². The van der Waals surface area contributed by atoms with E-state index in [9.17, 15) is 4.57 Å². The quantitative estimate of drug-likeness (QED) is 0.779. The Labute approximate surface area is 88.7 Å². The fourth-order valence-electron chi connectivity index (χ4n) is 1.66. The molecule has 0 bridgehead atoms. The lowest BCUT2D eigenvalue weighted by atomic mass is 10.1. The SMILES string of the molecule is NCCc1c[nH]c2c(OP=O)cccc12. The number of fused-ring (bicyclic) bond motifs is 1. The summed E-state index contributed by atoms with van der Waals surface area (Å²) in [5.74, 6) is 0.590. The van der Waals surface area contributed by atoms with E-state index in [1.165, 1.54) is 0 Å². The summed E-state index contributed by atoms with van der Waals surface area (Å²) in [6, 6.07) is 5.64. The number of nitrogens with two attached hydrogens (primary N) is 1. The molecule has 1 aromatic carbocycles. The molecular formula is C10H11N2O2P. The molecule has 1 aromatic heterocycles. The summed E-state index contributed by atoms with van der Waals surface area (Å²) in [5.41, 5.74) is 7.53. The predicted octanol–water partition coefficient (Wildman–Crippen LogP) is 2.25. The third-order valence-corrected chi connectivity index (χ3v) is 2.58. The van der Waals surface area contributed by atoms with Crippen LogP contribution in [0.4, 0.5) is 0 Å². The molecule has 0 saturated heterocycles. The Kier molecular flexibility index (Phi) is 2.99. The molecule has 0 radical (unpaired) electrons. The number of rotatable bonds is 4. The highest BCUT2D eigenvalue weighted by molar-refractivity contribution is 7.17. The van der Waals surface area contributed by atoms with Crippen LogP contribution in [0.15, 0.2) is 24.4 Å². The minimum absolute atomic E-state index is 0.344. The largest absolute Gasteiger partial charge is 0.405 e. The number of nitrogens with one attached hydrogen (secondary N) is 1. The van der Waals surface area contributed by atoms with E-state index < -0.39 is 0 Å². The van der Waals surface area contributed by atoms with Crippen LogP contribution in [0.5, 0.6) is 5.75 Å². The maximum Gasteiger partial charge on any atom is 0.395 e. The topological polar surface area (TPSA) is 68.1 Å². The van der Waals surface area contributed by atoms with Gasteiger partial charge in [0.15, 0.2) is 5.75 Å². The Morgan fingerprint density at radius 3 is 3.07 bits per heavy atom. The third kappa shape index (κ3) is 1.87. The van der Waals surface area contributed by atoms with Gasteiger partial charge in [0.05, 0.1) is 5.52 Å². The van der Waals surface area contributed by atoms with Crippen molar-refractivity contribution in [3.8, 4) is 5.75 Å². The number of hydrogen-bond donors (Lipinski definition) is 2. The molecular weight excluding hydrogens is 211 g/mol. The highest BCUT2D eigenvalue weighted by Gasteiger charge is 2.07. The zero-order valence-corrected chi connectivity index (χ0v) is 8.96. The van der Waals surface area contributed by atoms with E-state index in [1.54, 1.807) is 6.07 Å². The second kappa shape index (κ2) is 4.43. The molecule has 78 valence electrons. The highest BCUT2D eigenvalue weighted by Crippen LogP contribution is 2.28. The van der Waals surface area contributed by atoms with Crippen LogP contribution in [0.3, 0.4) is 0 Å². The van der Waals surface area contributed by atoms with E-state index in [2.05, 4.69) is 4.98 Å². The molecule has 0 atom stereocenters. The van der Waals surface area contributed by atoms with Crippen LogP contribution in [0, 0.1) is 0 Å². The van der Waals surface area contributed by atoms with Gasteiger partial charge in [-0.1, -0.05) is 12.1 Å². The summed E-state index contributed by atoms with van der Waals surface area (Å²) in [4.78, 5) is 3.10. The summed E-state index contributed by atoms with van der Waals surface area (Å²) < 4.78 is 15.4. The van der Waals surface area contributed by atoms with Crippen molar-refractivity contribution < 1.29 is 9.09 Å². The molecule has 0 fully saturated rings. The maximum absolute atomic E-state index is 10.4. The Morgan fingerprint density at radius 2 is 2.33 bits per heavy atom. The molecule has 0 aliphatic rings. The fourth-order valence-corrected chi connectivity index (χ4v) is 1.90. The van der Waals surface area contributed by atoms with Crippen molar-refractivity contribution in [1.82, 2.24) is 4.98 Å². The van der Waals surface area contributed by atoms with Gasteiger partial charge in [0.25, 0.3) is 0 Å². The molecule has 15 heavy (non-hydrogen) atoms. The predicted molar refractivity (Wildman–Crippen MR) is 59.3 cm³/mol. The van der Waals surface area contributed by atoms with Gasteiger partial charge in [-0.3, -0.25) is 0 Å². The summed E-state index contributed by atoms with van der Waals surface area (Å²) in [6.07, 6.45) is 2.73. The van der Waals surface area contributed by atoms with Crippen molar-refractivity contribution in [2.24, 2.45) is 5.73 Å². The Hall–Kier alpha value is -1.38. The van der Waals surface area contributed by atoms with Gasteiger partial charge in [-0.05, 0) is 24.6 Å². The monoisotopic (exact) mass is 222 g/mol. The lowest BCUT2D eigenvalue weighted by Gasteiger charge is -1.99. The maximum atomic E-state index is 10.4. The fraction of sp³-hybridized carbons (Fsp3) is 0.200. The lowest BCUT2D eigenvalue weighted by Crippen LogP contribution is -2.01. The number of aromatic amines is 1. The number of hydrogen-bond acceptors (Lipinski definition) is 3. The Balaban J connectivity index is 2.52. The normalized spacial score (nSPS) is 11.0. The van der Waals surface area contributed by atoms with Crippen molar-refractivity contribution in [1.29, 1.82) is 0 Å². The molecule has 0 aliphatic carbocycles. The average Bonchev–Trinajstić information content (AvgIpc) is 2.64. The molecule has 3 N–H and O–H groups in total. The van der Waals surface area contributed by atoms with Crippen LogP contribution >= 0.6 is 8.69 Å². The number of para-hydroxylation sites is 1. The van der Waals surface area contributed by atoms with Crippen molar-refractivity contribution in [3.05, 3.63) is 30.0 Å². The van der Waals surface area contributed by atoms with Crippen molar-refractivity contribution in [2.45, 2.75) is 6.42 Å². The molecule has 0 amide bonds. The van der Waals surface area contributed by atoms with Crippen molar-refractivity contribution in [3.63, 3.8) is 0 Å². The molecule has 2 rings (SSSR count). The molecule has 0 unspecified atom stereocenters. The van der Waals surface area contributed by atoms with E-state index in [1.807, 2.05) is 18.3 Å². The zero-order chi connectivity index (χ0) is 10.7. The van der Waals surface area contributed by atoms with Gasteiger partial charge in [0.2, 0.25) is 0 Å². The van der Waals surface area contributed by atoms with Gasteiger partial charge < -0.3 is 15.2 Å². The van der Waals surface area contributed by atoms with Crippen molar-refractivity contribution in [2.75, 3.05) is 6.54 Å². The second-order valence-corrected chi connectivity index (χ2v) is 3.53. The number of benzene rings is 1. The molecule has 1 heterocycles. The van der Waals surface area contributed by atoms with Gasteiger partial charge in [-0.25, -0.2) is 4.57 Å². The first-order chi connectivity index (χ1) is 7.36. The Morgan fingerprint density at radius 1 is 1.47 bits per heavy atom. The first-order valence-corrected chi connectivity index (χ1v) is 5.38. The van der Waals surface area contributed by atoms with Crippen molar-refractivity contribution >= 4 is 19.6 Å². The summed E-state index contributed by atoms with van der Waals surface area (Å²) in [7, 11) is -0.344. The minimum Gasteiger partial charge on any atom is -0.405 e. The number of aromatic nitrogens is 1. The molecule has 4 nitrogen and oxygen atoms in total. The lowest BCUT2D eigenvalue weighted by molar-refractivity contribution is 0.527. The zero-order valence-electron chi connectivity index (χ0n) is 8.06. The van der Waals surface area contributed by atoms with Gasteiger partial charge in [-0.15, -0.1) is 0 Å². The molecule has 0 spiro atoms.